The number of halogens is 1. The number of carbonyl (C=O) groups excluding carboxylic acids is 2. The van der Waals surface area contributed by atoms with Gasteiger partial charge in [-0.1, -0.05) is 6.07 Å². The molecule has 0 unspecified atom stereocenters. The Morgan fingerprint density at radius 1 is 1.00 bits per heavy atom. The number of benzene rings is 1. The SMILES string of the molecule is O=C(CCO)NC1CCN(Cc2ccc(-c3cc4nccc(Oc5ccc(NC(=O)NC6CC6)cc5F)c4s3)nc2)CC1. The molecule has 1 saturated carbocycles. The van der Waals surface area contributed by atoms with Gasteiger partial charge < -0.3 is 25.8 Å². The number of aliphatic hydroxyl groups excluding tert-OH is 1. The van der Waals surface area contributed by atoms with Gasteiger partial charge in [0, 0.05) is 68.4 Å². The number of amides is 3. The van der Waals surface area contributed by atoms with E-state index in [1.165, 1.54) is 23.5 Å². The molecule has 12 heteroatoms. The lowest BCUT2D eigenvalue weighted by molar-refractivity contribution is -0.122. The van der Waals surface area contributed by atoms with E-state index in [9.17, 15) is 14.0 Å². The molecule has 1 aromatic carbocycles. The van der Waals surface area contributed by atoms with E-state index in [-0.39, 0.29) is 42.8 Å². The van der Waals surface area contributed by atoms with E-state index in [0.29, 0.717) is 11.4 Å². The van der Waals surface area contributed by atoms with Crippen LogP contribution >= 0.6 is 11.3 Å². The predicted molar refractivity (Wildman–Crippen MR) is 163 cm³/mol. The van der Waals surface area contributed by atoms with Crippen LogP contribution in [0.1, 0.15) is 37.7 Å². The molecule has 0 radical (unpaired) electrons. The molecule has 3 aromatic heterocycles. The van der Waals surface area contributed by atoms with Gasteiger partial charge in [-0.3, -0.25) is 19.7 Å². The minimum Gasteiger partial charge on any atom is -0.453 e. The average Bonchev–Trinajstić information content (AvgIpc) is 3.69. The van der Waals surface area contributed by atoms with Crippen molar-refractivity contribution < 1.29 is 23.8 Å². The minimum absolute atomic E-state index is 0.0506. The molecule has 3 amide bonds. The fourth-order valence-electron chi connectivity index (χ4n) is 5.04. The van der Waals surface area contributed by atoms with Crippen LogP contribution < -0.4 is 20.7 Å². The zero-order valence-corrected chi connectivity index (χ0v) is 24.3. The van der Waals surface area contributed by atoms with Gasteiger partial charge in [-0.05, 0) is 55.5 Å². The van der Waals surface area contributed by atoms with Crippen LogP contribution in [0.2, 0.25) is 0 Å². The fraction of sp³-hybridized carbons (Fsp3) is 0.355. The highest BCUT2D eigenvalue weighted by Gasteiger charge is 2.24. The molecule has 0 atom stereocenters. The maximum atomic E-state index is 14.9. The quantitative estimate of drug-likeness (QED) is 0.200. The molecule has 1 aliphatic heterocycles. The van der Waals surface area contributed by atoms with Crippen LogP contribution in [0.25, 0.3) is 20.8 Å². The number of thiophene rings is 1. The van der Waals surface area contributed by atoms with E-state index in [2.05, 4.69) is 31.9 Å². The Balaban J connectivity index is 1.08. The number of urea groups is 1. The maximum absolute atomic E-state index is 14.9. The zero-order chi connectivity index (χ0) is 29.8. The average molecular weight is 605 g/mol. The first-order valence-electron chi connectivity index (χ1n) is 14.4. The molecule has 10 nitrogen and oxygen atoms in total. The topological polar surface area (TPSA) is 129 Å². The second kappa shape index (κ2) is 13.0. The summed E-state index contributed by atoms with van der Waals surface area (Å²) < 4.78 is 21.6. The molecule has 0 spiro atoms. The lowest BCUT2D eigenvalue weighted by Crippen LogP contribution is -2.44. The van der Waals surface area contributed by atoms with Gasteiger partial charge in [0.25, 0.3) is 0 Å². The number of likely N-dealkylation sites (tertiary alicyclic amines) is 1. The first kappa shape index (κ1) is 29.0. The summed E-state index contributed by atoms with van der Waals surface area (Å²) in [7, 11) is 0. The number of ether oxygens (including phenoxy) is 1. The molecule has 2 aliphatic rings. The largest absolute Gasteiger partial charge is 0.453 e. The number of aliphatic hydroxyl groups is 1. The third-order valence-electron chi connectivity index (χ3n) is 7.47. The predicted octanol–water partition coefficient (Wildman–Crippen LogP) is 5.04. The first-order chi connectivity index (χ1) is 20.9. The molecular formula is C31H33FN6O4S. The number of rotatable bonds is 10. The molecule has 4 N–H and O–H groups in total. The third-order valence-corrected chi connectivity index (χ3v) is 8.63. The van der Waals surface area contributed by atoms with Crippen molar-refractivity contribution in [1.29, 1.82) is 0 Å². The van der Waals surface area contributed by atoms with Crippen LogP contribution in [0.5, 0.6) is 11.5 Å². The molecule has 1 aliphatic carbocycles. The van der Waals surface area contributed by atoms with E-state index in [1.54, 1.807) is 18.3 Å². The Labute approximate surface area is 252 Å². The number of anilines is 1. The number of aromatic nitrogens is 2. The van der Waals surface area contributed by atoms with Crippen molar-refractivity contribution in [3.8, 4) is 22.1 Å². The van der Waals surface area contributed by atoms with Gasteiger partial charge in [-0.15, -0.1) is 11.3 Å². The molecule has 2 fully saturated rings. The number of piperidine rings is 1. The normalized spacial score (nSPS) is 15.8. The molecular weight excluding hydrogens is 571 g/mol. The molecule has 1 saturated heterocycles. The van der Waals surface area contributed by atoms with Crippen LogP contribution in [0.4, 0.5) is 14.9 Å². The van der Waals surface area contributed by atoms with Crippen LogP contribution in [-0.2, 0) is 11.3 Å². The van der Waals surface area contributed by atoms with Gasteiger partial charge in [0.1, 0.15) is 5.75 Å². The zero-order valence-electron chi connectivity index (χ0n) is 23.5. The Morgan fingerprint density at radius 2 is 1.81 bits per heavy atom. The molecule has 43 heavy (non-hydrogen) atoms. The molecule has 4 aromatic rings. The van der Waals surface area contributed by atoms with Crippen molar-refractivity contribution in [3.05, 3.63) is 66.2 Å². The van der Waals surface area contributed by atoms with Gasteiger partial charge in [0.2, 0.25) is 5.91 Å². The Kier molecular flexibility index (Phi) is 8.77. The number of pyridine rings is 2. The third kappa shape index (κ3) is 7.45. The van der Waals surface area contributed by atoms with Crippen LogP contribution in [-0.4, -0.2) is 63.7 Å². The van der Waals surface area contributed by atoms with E-state index < -0.39 is 5.82 Å². The van der Waals surface area contributed by atoms with E-state index in [4.69, 9.17) is 14.8 Å². The van der Waals surface area contributed by atoms with Crippen molar-refractivity contribution in [2.45, 2.75) is 50.7 Å². The first-order valence-corrected chi connectivity index (χ1v) is 15.3. The molecule has 0 bridgehead atoms. The van der Waals surface area contributed by atoms with Gasteiger partial charge in [-0.2, -0.15) is 0 Å². The van der Waals surface area contributed by atoms with Crippen LogP contribution in [0.15, 0.2) is 54.9 Å². The number of hydrogen-bond acceptors (Lipinski definition) is 8. The molecule has 6 rings (SSSR count). The Morgan fingerprint density at radius 3 is 2.53 bits per heavy atom. The second-order valence-corrected chi connectivity index (χ2v) is 11.9. The summed E-state index contributed by atoms with van der Waals surface area (Å²) in [6.07, 6.45) is 7.36. The van der Waals surface area contributed by atoms with Crippen molar-refractivity contribution in [1.82, 2.24) is 25.5 Å². The van der Waals surface area contributed by atoms with Crippen LogP contribution in [0.3, 0.4) is 0 Å². The van der Waals surface area contributed by atoms with E-state index >= 15 is 0 Å². The van der Waals surface area contributed by atoms with E-state index in [0.717, 1.165) is 71.7 Å². The molecule has 224 valence electrons. The van der Waals surface area contributed by atoms with Crippen molar-refractivity contribution in [2.24, 2.45) is 0 Å². The Hall–Kier alpha value is -4.13. The summed E-state index contributed by atoms with van der Waals surface area (Å²) in [5.74, 6) is -0.144. The number of hydrogen-bond donors (Lipinski definition) is 4. The summed E-state index contributed by atoms with van der Waals surface area (Å²) in [6, 6.07) is 12.1. The number of fused-ring (bicyclic) bond motifs is 1. The van der Waals surface area contributed by atoms with Gasteiger partial charge >= 0.3 is 6.03 Å². The van der Waals surface area contributed by atoms with Crippen molar-refractivity contribution in [2.75, 3.05) is 25.0 Å². The highest BCUT2D eigenvalue weighted by atomic mass is 32.1. The number of nitrogens with zero attached hydrogens (tertiary/aromatic N) is 3. The summed E-state index contributed by atoms with van der Waals surface area (Å²) >= 11 is 1.48. The lowest BCUT2D eigenvalue weighted by atomic mass is 10.0. The number of nitrogens with one attached hydrogen (secondary N) is 3. The second-order valence-electron chi connectivity index (χ2n) is 10.9. The standard InChI is InChI=1S/C31H33FN6O4S/c32-23-15-22(37-31(41)36-20-2-3-20)4-6-26(23)42-27-7-11-33-25-16-28(43-30(25)27)24-5-1-19(17-34-24)18-38-12-8-21(9-13-38)35-29(40)10-14-39/h1,4-7,11,15-17,20-21,39H,2-3,8-10,12-14,18H2,(H,35,40)(H2,36,37,41). The molecule has 4 heterocycles. The lowest BCUT2D eigenvalue weighted by Gasteiger charge is -2.32. The number of carbonyl (C=O) groups is 2. The summed E-state index contributed by atoms with van der Waals surface area (Å²) in [5, 5.41) is 17.4. The highest BCUT2D eigenvalue weighted by molar-refractivity contribution is 7.22. The summed E-state index contributed by atoms with van der Waals surface area (Å²) in [4.78, 5) is 36.2. The summed E-state index contributed by atoms with van der Waals surface area (Å²) in [6.45, 7) is 2.41. The maximum Gasteiger partial charge on any atom is 0.319 e. The van der Waals surface area contributed by atoms with E-state index in [1.807, 2.05) is 18.3 Å². The summed E-state index contributed by atoms with van der Waals surface area (Å²) in [5.41, 5.74) is 3.00. The highest BCUT2D eigenvalue weighted by Crippen LogP contribution is 2.39. The fourth-order valence-corrected chi connectivity index (χ4v) is 6.08. The van der Waals surface area contributed by atoms with Gasteiger partial charge in [0.05, 0.1) is 27.4 Å². The van der Waals surface area contributed by atoms with Gasteiger partial charge in [-0.25, -0.2) is 9.18 Å². The van der Waals surface area contributed by atoms with Crippen molar-refractivity contribution >= 4 is 39.2 Å². The van der Waals surface area contributed by atoms with Crippen LogP contribution in [0, 0.1) is 5.82 Å². The van der Waals surface area contributed by atoms with Crippen molar-refractivity contribution in [3.63, 3.8) is 0 Å². The smallest absolute Gasteiger partial charge is 0.319 e. The Bertz CT molecular complexity index is 1600. The van der Waals surface area contributed by atoms with Gasteiger partial charge in [0.15, 0.2) is 11.6 Å². The monoisotopic (exact) mass is 604 g/mol. The minimum atomic E-state index is -0.584.